The van der Waals surface area contributed by atoms with Crippen molar-refractivity contribution in [1.82, 2.24) is 0 Å². The first-order valence-corrected chi connectivity index (χ1v) is 7.30. The van der Waals surface area contributed by atoms with Gasteiger partial charge in [0.2, 0.25) is 0 Å². The van der Waals surface area contributed by atoms with Gasteiger partial charge in [0.15, 0.2) is 0 Å². The summed E-state index contributed by atoms with van der Waals surface area (Å²) in [6, 6.07) is 5.57. The van der Waals surface area contributed by atoms with Crippen molar-refractivity contribution in [3.8, 4) is 0 Å². The zero-order chi connectivity index (χ0) is 14.5. The van der Waals surface area contributed by atoms with Gasteiger partial charge in [0.25, 0.3) is 0 Å². The number of carboxylic acid groups (broad SMARTS) is 1. The molecule has 1 atom stereocenters. The maximum atomic E-state index is 10.6. The van der Waals surface area contributed by atoms with Gasteiger partial charge >= 0.3 is 5.97 Å². The zero-order valence-corrected chi connectivity index (χ0v) is 12.1. The summed E-state index contributed by atoms with van der Waals surface area (Å²) in [5, 5.41) is 9.41. The average Bonchev–Trinajstić information content (AvgIpc) is 2.45. The summed E-state index contributed by atoms with van der Waals surface area (Å²) in [6.07, 6.45) is 2.47. The zero-order valence-electron chi connectivity index (χ0n) is 11.3. The van der Waals surface area contributed by atoms with Crippen molar-refractivity contribution in [3.63, 3.8) is 0 Å². The number of aliphatic carboxylic acids is 1. The highest BCUT2D eigenvalue weighted by molar-refractivity contribution is 6.31. The first kappa shape index (κ1) is 15.3. The largest absolute Gasteiger partial charge is 0.481 e. The molecule has 0 bridgehead atoms. The summed E-state index contributed by atoms with van der Waals surface area (Å²) in [5.41, 5.74) is 8.04. The second kappa shape index (κ2) is 7.07. The van der Waals surface area contributed by atoms with Crippen LogP contribution in [0.25, 0.3) is 0 Å². The number of benzene rings is 1. The third kappa shape index (κ3) is 3.95. The Labute approximate surface area is 123 Å². The summed E-state index contributed by atoms with van der Waals surface area (Å²) in [4.78, 5) is 10.6. The Morgan fingerprint density at radius 2 is 2.15 bits per heavy atom. The summed E-state index contributed by atoms with van der Waals surface area (Å²) < 4.78 is 5.36. The van der Waals surface area contributed by atoms with E-state index in [0.717, 1.165) is 42.2 Å². The molecule has 0 aromatic heterocycles. The van der Waals surface area contributed by atoms with Crippen LogP contribution in [-0.4, -0.2) is 24.3 Å². The smallest absolute Gasteiger partial charge is 0.303 e. The van der Waals surface area contributed by atoms with Crippen molar-refractivity contribution < 1.29 is 14.6 Å². The number of nitrogens with two attached hydrogens (primary N) is 1. The van der Waals surface area contributed by atoms with Gasteiger partial charge in [-0.05, 0) is 42.4 Å². The van der Waals surface area contributed by atoms with E-state index in [2.05, 4.69) is 0 Å². The van der Waals surface area contributed by atoms with E-state index >= 15 is 0 Å². The van der Waals surface area contributed by atoms with Crippen LogP contribution in [0.4, 0.5) is 0 Å². The predicted molar refractivity (Wildman–Crippen MR) is 78.0 cm³/mol. The minimum atomic E-state index is -0.828. The highest BCUT2D eigenvalue weighted by Crippen LogP contribution is 2.33. The minimum Gasteiger partial charge on any atom is -0.481 e. The molecule has 1 aromatic carbocycles. The summed E-state index contributed by atoms with van der Waals surface area (Å²) in [7, 11) is 0. The molecule has 110 valence electrons. The number of hydrogen-bond donors (Lipinski definition) is 2. The molecular weight excluding hydrogens is 278 g/mol. The van der Waals surface area contributed by atoms with E-state index < -0.39 is 5.97 Å². The van der Waals surface area contributed by atoms with Crippen molar-refractivity contribution in [2.45, 2.75) is 37.6 Å². The lowest BCUT2D eigenvalue weighted by atomic mass is 9.90. The molecule has 3 N–H and O–H groups in total. The van der Waals surface area contributed by atoms with Crippen molar-refractivity contribution in [1.29, 1.82) is 0 Å². The summed E-state index contributed by atoms with van der Waals surface area (Å²) >= 11 is 6.36. The molecule has 1 aliphatic rings. The average molecular weight is 298 g/mol. The molecule has 4 nitrogen and oxygen atoms in total. The molecule has 1 fully saturated rings. The monoisotopic (exact) mass is 297 g/mol. The van der Waals surface area contributed by atoms with Gasteiger partial charge in [-0.25, -0.2) is 0 Å². The van der Waals surface area contributed by atoms with Crippen LogP contribution in [0.5, 0.6) is 0 Å². The third-order valence-corrected chi connectivity index (χ3v) is 4.11. The van der Waals surface area contributed by atoms with Gasteiger partial charge in [0.1, 0.15) is 0 Å². The van der Waals surface area contributed by atoms with Gasteiger partial charge in [-0.2, -0.15) is 0 Å². The Morgan fingerprint density at radius 3 is 2.75 bits per heavy atom. The first-order chi connectivity index (χ1) is 9.58. The fraction of sp³-hybridized carbons (Fsp3) is 0.533. The van der Waals surface area contributed by atoms with Gasteiger partial charge in [-0.1, -0.05) is 23.7 Å². The molecule has 0 aliphatic carbocycles. The molecule has 1 heterocycles. The van der Waals surface area contributed by atoms with Crippen molar-refractivity contribution in [2.24, 2.45) is 5.73 Å². The Hall–Kier alpha value is -1.10. The van der Waals surface area contributed by atoms with Crippen LogP contribution >= 0.6 is 11.6 Å². The van der Waals surface area contributed by atoms with E-state index in [9.17, 15) is 4.79 Å². The lowest BCUT2D eigenvalue weighted by Gasteiger charge is -2.24. The SMILES string of the molecule is NC(CCC(=O)O)c1ccc(C2CCOCC2)c(Cl)c1. The van der Waals surface area contributed by atoms with Crippen molar-refractivity contribution in [2.75, 3.05) is 13.2 Å². The molecule has 1 unspecified atom stereocenters. The van der Waals surface area contributed by atoms with E-state index in [1.165, 1.54) is 0 Å². The van der Waals surface area contributed by atoms with Crippen LogP contribution in [0.3, 0.4) is 0 Å². The van der Waals surface area contributed by atoms with Crippen LogP contribution in [0.15, 0.2) is 18.2 Å². The van der Waals surface area contributed by atoms with Crippen LogP contribution in [0, 0.1) is 0 Å². The number of carboxylic acids is 1. The van der Waals surface area contributed by atoms with Gasteiger partial charge in [0, 0.05) is 30.7 Å². The molecule has 0 radical (unpaired) electrons. The number of ether oxygens (including phenoxy) is 1. The highest BCUT2D eigenvalue weighted by Gasteiger charge is 2.19. The van der Waals surface area contributed by atoms with Gasteiger partial charge in [0.05, 0.1) is 0 Å². The molecule has 5 heteroatoms. The third-order valence-electron chi connectivity index (χ3n) is 3.78. The van der Waals surface area contributed by atoms with E-state index in [-0.39, 0.29) is 12.5 Å². The fourth-order valence-electron chi connectivity index (χ4n) is 2.56. The second-order valence-electron chi connectivity index (χ2n) is 5.21. The number of hydrogen-bond acceptors (Lipinski definition) is 3. The molecule has 0 amide bonds. The van der Waals surface area contributed by atoms with E-state index in [1.807, 2.05) is 18.2 Å². The normalized spacial score (nSPS) is 17.9. The van der Waals surface area contributed by atoms with Crippen molar-refractivity contribution >= 4 is 17.6 Å². The molecular formula is C15H20ClNO3. The molecule has 1 aliphatic heterocycles. The lowest BCUT2D eigenvalue weighted by molar-refractivity contribution is -0.137. The molecule has 1 aromatic rings. The van der Waals surface area contributed by atoms with Crippen LogP contribution in [0.1, 0.15) is 48.8 Å². The minimum absolute atomic E-state index is 0.0699. The van der Waals surface area contributed by atoms with E-state index in [0.29, 0.717) is 12.3 Å². The number of halogens is 1. The van der Waals surface area contributed by atoms with Gasteiger partial charge in [-0.3, -0.25) is 4.79 Å². The molecule has 20 heavy (non-hydrogen) atoms. The quantitative estimate of drug-likeness (QED) is 0.876. The van der Waals surface area contributed by atoms with Gasteiger partial charge in [-0.15, -0.1) is 0 Å². The molecule has 2 rings (SSSR count). The van der Waals surface area contributed by atoms with E-state index in [1.54, 1.807) is 0 Å². The second-order valence-corrected chi connectivity index (χ2v) is 5.61. The maximum absolute atomic E-state index is 10.6. The number of carbonyl (C=O) groups is 1. The maximum Gasteiger partial charge on any atom is 0.303 e. The molecule has 0 saturated carbocycles. The lowest BCUT2D eigenvalue weighted by Crippen LogP contribution is -2.15. The molecule has 1 saturated heterocycles. The predicted octanol–water partition coefficient (Wildman–Crippen LogP) is 3.10. The van der Waals surface area contributed by atoms with Crippen LogP contribution in [-0.2, 0) is 9.53 Å². The Bertz CT molecular complexity index is 472. The first-order valence-electron chi connectivity index (χ1n) is 6.92. The summed E-state index contributed by atoms with van der Waals surface area (Å²) in [6.45, 7) is 1.56. The van der Waals surface area contributed by atoms with Gasteiger partial charge < -0.3 is 15.6 Å². The summed E-state index contributed by atoms with van der Waals surface area (Å²) in [5.74, 6) is -0.383. The van der Waals surface area contributed by atoms with Crippen molar-refractivity contribution in [3.05, 3.63) is 34.3 Å². The Kier molecular flexibility index (Phi) is 5.40. The Morgan fingerprint density at radius 1 is 1.45 bits per heavy atom. The standard InChI is InChI=1S/C15H20ClNO3/c16-13-9-11(14(17)3-4-15(18)19)1-2-12(13)10-5-7-20-8-6-10/h1-2,9-10,14H,3-8,17H2,(H,18,19). The van der Waals surface area contributed by atoms with E-state index in [4.69, 9.17) is 27.2 Å². The molecule has 0 spiro atoms. The Balaban J connectivity index is 2.06. The number of rotatable bonds is 5. The van der Waals surface area contributed by atoms with Crippen LogP contribution < -0.4 is 5.73 Å². The fourth-order valence-corrected chi connectivity index (χ4v) is 2.90. The highest BCUT2D eigenvalue weighted by atomic mass is 35.5. The topological polar surface area (TPSA) is 72.6 Å². The van der Waals surface area contributed by atoms with Crippen LogP contribution in [0.2, 0.25) is 5.02 Å².